The molecule has 4 nitrogen and oxygen atoms in total. The number of amides is 1. The lowest BCUT2D eigenvalue weighted by molar-refractivity contribution is -0.146. The lowest BCUT2D eigenvalue weighted by Gasteiger charge is -2.25. The predicted molar refractivity (Wildman–Crippen MR) is 84.7 cm³/mol. The van der Waals surface area contributed by atoms with E-state index in [1.54, 1.807) is 20.8 Å². The Morgan fingerprint density at radius 1 is 1.24 bits per heavy atom. The van der Waals surface area contributed by atoms with E-state index in [0.717, 1.165) is 12.0 Å². The van der Waals surface area contributed by atoms with Gasteiger partial charge in [0.25, 0.3) is 0 Å². The molecule has 0 aliphatic heterocycles. The third-order valence-corrected chi connectivity index (χ3v) is 3.11. The third kappa shape index (κ3) is 5.05. The molecule has 21 heavy (non-hydrogen) atoms. The largest absolute Gasteiger partial charge is 0.462 e. The fraction of sp³-hybridized carbons (Fsp3) is 0.500. The van der Waals surface area contributed by atoms with Gasteiger partial charge in [0.2, 0.25) is 5.91 Å². The molecule has 0 bridgehead atoms. The molecule has 116 valence electrons. The molecule has 1 amide bonds. The van der Waals surface area contributed by atoms with E-state index in [-0.39, 0.29) is 18.6 Å². The molecule has 1 atom stereocenters. The van der Waals surface area contributed by atoms with Gasteiger partial charge in [0.1, 0.15) is 11.9 Å². The summed E-state index contributed by atoms with van der Waals surface area (Å²) in [7, 11) is 0. The second-order valence-corrected chi connectivity index (χ2v) is 5.72. The fourth-order valence-corrected chi connectivity index (χ4v) is 2.12. The van der Waals surface area contributed by atoms with E-state index < -0.39 is 11.3 Å². The monoisotopic (exact) mass is 311 g/mol. The van der Waals surface area contributed by atoms with E-state index in [0.29, 0.717) is 5.69 Å². The van der Waals surface area contributed by atoms with Crippen molar-refractivity contribution in [3.63, 3.8) is 0 Å². The molecule has 1 rings (SSSR count). The predicted octanol–water partition coefficient (Wildman–Crippen LogP) is 3.16. The van der Waals surface area contributed by atoms with Gasteiger partial charge in [0.05, 0.1) is 6.10 Å². The molecule has 0 saturated carbocycles. The van der Waals surface area contributed by atoms with E-state index in [2.05, 4.69) is 0 Å². The minimum atomic E-state index is -0.707. The first kappa shape index (κ1) is 17.5. The Hall–Kier alpha value is -1.55. The normalized spacial score (nSPS) is 12.1. The average molecular weight is 312 g/mol. The van der Waals surface area contributed by atoms with Crippen LogP contribution in [0.4, 0.5) is 5.69 Å². The third-order valence-electron chi connectivity index (χ3n) is 2.92. The molecule has 0 aliphatic rings. The topological polar surface area (TPSA) is 46.6 Å². The van der Waals surface area contributed by atoms with E-state index >= 15 is 0 Å². The number of para-hydroxylation sites is 1. The number of esters is 1. The molecule has 1 aromatic carbocycles. The maximum Gasteiger partial charge on any atom is 0.326 e. The Kier molecular flexibility index (Phi) is 6.69. The quantitative estimate of drug-likeness (QED) is 0.599. The van der Waals surface area contributed by atoms with Crippen molar-refractivity contribution in [1.29, 1.82) is 0 Å². The van der Waals surface area contributed by atoms with Gasteiger partial charge in [-0.05, 0) is 38.8 Å². The minimum absolute atomic E-state index is 0.134. The zero-order valence-corrected chi connectivity index (χ0v) is 13.7. The van der Waals surface area contributed by atoms with Gasteiger partial charge in [-0.1, -0.05) is 25.1 Å². The first-order valence-corrected chi connectivity index (χ1v) is 7.53. The summed E-state index contributed by atoms with van der Waals surface area (Å²) in [6, 6.07) is 7.49. The van der Waals surface area contributed by atoms with Crippen LogP contribution >= 0.6 is 11.6 Å². The number of carbonyl (C=O) groups excluding carboxylic acids is 2. The van der Waals surface area contributed by atoms with E-state index in [9.17, 15) is 9.59 Å². The van der Waals surface area contributed by atoms with Crippen molar-refractivity contribution in [3.05, 3.63) is 29.8 Å². The van der Waals surface area contributed by atoms with Crippen LogP contribution in [-0.4, -0.2) is 29.9 Å². The summed E-state index contributed by atoms with van der Waals surface area (Å²) in [5, 5.41) is -0.707. The lowest BCUT2D eigenvalue weighted by atomic mass is 10.1. The molecule has 0 fully saturated rings. The highest BCUT2D eigenvalue weighted by Crippen LogP contribution is 2.22. The minimum Gasteiger partial charge on any atom is -0.462 e. The molecule has 0 heterocycles. The van der Waals surface area contributed by atoms with Crippen LogP contribution in [0.5, 0.6) is 0 Å². The van der Waals surface area contributed by atoms with Gasteiger partial charge in [-0.15, -0.1) is 11.6 Å². The molecule has 0 aliphatic carbocycles. The van der Waals surface area contributed by atoms with Crippen LogP contribution in [0, 0.1) is 0 Å². The summed E-state index contributed by atoms with van der Waals surface area (Å²) < 4.78 is 5.13. The summed E-state index contributed by atoms with van der Waals surface area (Å²) in [4.78, 5) is 25.6. The van der Waals surface area contributed by atoms with Crippen molar-refractivity contribution in [1.82, 2.24) is 0 Å². The van der Waals surface area contributed by atoms with Crippen LogP contribution in [0.25, 0.3) is 0 Å². The van der Waals surface area contributed by atoms with Gasteiger partial charge in [-0.25, -0.2) is 0 Å². The van der Waals surface area contributed by atoms with Crippen LogP contribution in [0.2, 0.25) is 0 Å². The Morgan fingerprint density at radius 3 is 2.38 bits per heavy atom. The van der Waals surface area contributed by atoms with Crippen LogP contribution in [0.15, 0.2) is 24.3 Å². The number of ether oxygens (including phenoxy) is 1. The number of carbonyl (C=O) groups is 2. The molecule has 0 saturated heterocycles. The van der Waals surface area contributed by atoms with Crippen molar-refractivity contribution in [3.8, 4) is 0 Å². The summed E-state index contributed by atoms with van der Waals surface area (Å²) in [5.74, 6) is -0.750. The zero-order valence-electron chi connectivity index (χ0n) is 12.9. The van der Waals surface area contributed by atoms with Crippen molar-refractivity contribution in [2.45, 2.75) is 45.6 Å². The molecule has 1 aromatic rings. The van der Waals surface area contributed by atoms with Crippen molar-refractivity contribution >= 4 is 29.2 Å². The number of aryl methyl sites for hydroxylation is 1. The Morgan fingerprint density at radius 2 is 1.86 bits per heavy atom. The first-order chi connectivity index (χ1) is 9.86. The molecule has 0 aromatic heterocycles. The Balaban J connectivity index is 3.08. The van der Waals surface area contributed by atoms with Gasteiger partial charge in [0, 0.05) is 5.69 Å². The molecule has 5 heteroatoms. The Labute approximate surface area is 131 Å². The number of hydrogen-bond donors (Lipinski definition) is 0. The van der Waals surface area contributed by atoms with Crippen LogP contribution in [0.3, 0.4) is 0 Å². The number of nitrogens with zero attached hydrogens (tertiary/aromatic N) is 1. The SMILES string of the molecule is CCc1ccccc1N(CC(=O)OC(C)C)C(=O)C(C)Cl. The van der Waals surface area contributed by atoms with Gasteiger partial charge in [0.15, 0.2) is 0 Å². The van der Waals surface area contributed by atoms with Gasteiger partial charge < -0.3 is 4.74 Å². The van der Waals surface area contributed by atoms with E-state index in [1.165, 1.54) is 4.90 Å². The number of hydrogen-bond acceptors (Lipinski definition) is 3. The van der Waals surface area contributed by atoms with E-state index in [4.69, 9.17) is 16.3 Å². The van der Waals surface area contributed by atoms with Gasteiger partial charge >= 0.3 is 5.97 Å². The zero-order chi connectivity index (χ0) is 16.0. The summed E-state index contributed by atoms with van der Waals surface area (Å²) in [6.45, 7) is 7.00. The molecular weight excluding hydrogens is 290 g/mol. The van der Waals surface area contributed by atoms with Crippen LogP contribution < -0.4 is 4.90 Å². The Bertz CT molecular complexity index is 500. The highest BCUT2D eigenvalue weighted by atomic mass is 35.5. The lowest BCUT2D eigenvalue weighted by Crippen LogP contribution is -2.41. The second-order valence-electron chi connectivity index (χ2n) is 5.06. The van der Waals surface area contributed by atoms with Crippen LogP contribution in [0.1, 0.15) is 33.3 Å². The summed E-state index contributed by atoms with van der Waals surface area (Å²) >= 11 is 5.91. The fourth-order valence-electron chi connectivity index (χ4n) is 2.00. The number of alkyl halides is 1. The van der Waals surface area contributed by atoms with Crippen molar-refractivity contribution < 1.29 is 14.3 Å². The maximum absolute atomic E-state index is 12.3. The highest BCUT2D eigenvalue weighted by Gasteiger charge is 2.25. The van der Waals surface area contributed by atoms with Crippen LogP contribution in [-0.2, 0) is 20.7 Å². The molecule has 1 unspecified atom stereocenters. The second kappa shape index (κ2) is 8.03. The number of halogens is 1. The smallest absolute Gasteiger partial charge is 0.326 e. The highest BCUT2D eigenvalue weighted by molar-refractivity contribution is 6.32. The standard InChI is InChI=1S/C16H22ClNO3/c1-5-13-8-6-7-9-14(13)18(16(20)12(4)17)10-15(19)21-11(2)3/h6-9,11-12H,5,10H2,1-4H3. The van der Waals surface area contributed by atoms with E-state index in [1.807, 2.05) is 31.2 Å². The average Bonchev–Trinajstić information content (AvgIpc) is 2.43. The molecule has 0 radical (unpaired) electrons. The van der Waals surface area contributed by atoms with Gasteiger partial charge in [-0.2, -0.15) is 0 Å². The molecule has 0 spiro atoms. The van der Waals surface area contributed by atoms with Crippen molar-refractivity contribution in [2.24, 2.45) is 0 Å². The molecule has 0 N–H and O–H groups in total. The van der Waals surface area contributed by atoms with Gasteiger partial charge in [-0.3, -0.25) is 14.5 Å². The summed E-state index contributed by atoms with van der Waals surface area (Å²) in [6.07, 6.45) is 0.542. The number of rotatable bonds is 6. The number of anilines is 1. The molecular formula is C16H22ClNO3. The maximum atomic E-state index is 12.3. The van der Waals surface area contributed by atoms with Crippen molar-refractivity contribution in [2.75, 3.05) is 11.4 Å². The summed E-state index contributed by atoms with van der Waals surface area (Å²) in [5.41, 5.74) is 1.69. The number of benzene rings is 1. The first-order valence-electron chi connectivity index (χ1n) is 7.09.